The number of carbonyl (C=O) groups is 2. The van der Waals surface area contributed by atoms with E-state index in [1.165, 1.54) is 0 Å². The Bertz CT molecular complexity index is 543. The van der Waals surface area contributed by atoms with Crippen molar-refractivity contribution in [2.75, 3.05) is 13.1 Å². The number of β-amino-alcohol motifs (C(OH)–C–C–N with tert-alkyl or cyclic N) is 1. The van der Waals surface area contributed by atoms with Crippen LogP contribution in [0, 0.1) is 11.8 Å². The van der Waals surface area contributed by atoms with Crippen molar-refractivity contribution < 1.29 is 14.7 Å². The minimum absolute atomic E-state index is 0.0593. The molecule has 1 fully saturated rings. The van der Waals surface area contributed by atoms with Crippen molar-refractivity contribution in [2.45, 2.75) is 32.8 Å². The number of hydrogen-bond donors (Lipinski definition) is 1. The summed E-state index contributed by atoms with van der Waals surface area (Å²) in [6.07, 6.45) is 0.495. The summed E-state index contributed by atoms with van der Waals surface area (Å²) >= 11 is 5.81. The smallest absolute Gasteiger partial charge is 0.223 e. The molecule has 0 bridgehead atoms. The van der Waals surface area contributed by atoms with Crippen molar-refractivity contribution in [3.63, 3.8) is 0 Å². The highest BCUT2D eigenvalue weighted by atomic mass is 35.5. The summed E-state index contributed by atoms with van der Waals surface area (Å²) in [5.41, 5.74) is 0.567. The van der Waals surface area contributed by atoms with E-state index in [4.69, 9.17) is 11.6 Å². The fourth-order valence-electron chi connectivity index (χ4n) is 2.66. The number of halogens is 1. The van der Waals surface area contributed by atoms with Crippen molar-refractivity contribution in [1.29, 1.82) is 0 Å². The zero-order valence-corrected chi connectivity index (χ0v) is 13.7. The predicted octanol–water partition coefficient (Wildman–Crippen LogP) is 2.78. The molecule has 0 aliphatic carbocycles. The van der Waals surface area contributed by atoms with Crippen LogP contribution in [0.4, 0.5) is 0 Å². The van der Waals surface area contributed by atoms with E-state index >= 15 is 0 Å². The topological polar surface area (TPSA) is 57.6 Å². The van der Waals surface area contributed by atoms with Crippen molar-refractivity contribution in [2.24, 2.45) is 11.8 Å². The molecule has 1 heterocycles. The van der Waals surface area contributed by atoms with Crippen LogP contribution in [0.5, 0.6) is 0 Å². The van der Waals surface area contributed by atoms with Crippen molar-refractivity contribution >= 4 is 23.3 Å². The monoisotopic (exact) mass is 323 g/mol. The van der Waals surface area contributed by atoms with E-state index in [2.05, 4.69) is 0 Å². The zero-order chi connectivity index (χ0) is 16.3. The van der Waals surface area contributed by atoms with Gasteiger partial charge in [0.15, 0.2) is 5.78 Å². The van der Waals surface area contributed by atoms with Gasteiger partial charge in [0.05, 0.1) is 6.10 Å². The van der Waals surface area contributed by atoms with Gasteiger partial charge in [-0.05, 0) is 36.6 Å². The molecule has 1 aromatic rings. The highest BCUT2D eigenvalue weighted by Crippen LogP contribution is 2.20. The quantitative estimate of drug-likeness (QED) is 0.867. The summed E-state index contributed by atoms with van der Waals surface area (Å²) in [6.45, 7) is 4.76. The Hall–Kier alpha value is -1.39. The Morgan fingerprint density at radius 1 is 1.36 bits per heavy atom. The number of Topliss-reactive ketones (excluding diaryl/α,β-unsaturated/α-hetero) is 1. The average molecular weight is 324 g/mol. The number of hydrogen-bond acceptors (Lipinski definition) is 3. The van der Waals surface area contributed by atoms with Crippen LogP contribution in [0.3, 0.4) is 0 Å². The van der Waals surface area contributed by atoms with E-state index < -0.39 is 6.10 Å². The van der Waals surface area contributed by atoms with Gasteiger partial charge < -0.3 is 10.0 Å². The molecule has 1 amide bonds. The molecule has 22 heavy (non-hydrogen) atoms. The Balaban J connectivity index is 1.93. The highest BCUT2D eigenvalue weighted by Gasteiger charge is 2.29. The first-order chi connectivity index (χ1) is 10.4. The normalized spacial score (nSPS) is 23.2. The van der Waals surface area contributed by atoms with Crippen LogP contribution in [-0.2, 0) is 4.79 Å². The Labute approximate surface area is 136 Å². The molecular formula is C17H22ClNO3. The molecule has 1 saturated heterocycles. The first-order valence-corrected chi connectivity index (χ1v) is 8.02. The number of aliphatic hydroxyl groups is 1. The third-order valence-electron chi connectivity index (χ3n) is 4.33. The van der Waals surface area contributed by atoms with Gasteiger partial charge in [0.1, 0.15) is 0 Å². The number of aliphatic hydroxyl groups excluding tert-OH is 1. The molecule has 0 aromatic heterocycles. The lowest BCUT2D eigenvalue weighted by molar-refractivity contribution is -0.136. The number of piperidine rings is 1. The third-order valence-corrected chi connectivity index (χ3v) is 4.58. The molecule has 1 aromatic carbocycles. The molecule has 0 unspecified atom stereocenters. The molecular weight excluding hydrogens is 302 g/mol. The van der Waals surface area contributed by atoms with Gasteiger partial charge in [0.25, 0.3) is 0 Å². The van der Waals surface area contributed by atoms with Gasteiger partial charge >= 0.3 is 0 Å². The van der Waals surface area contributed by atoms with Crippen molar-refractivity contribution in [3.8, 4) is 0 Å². The molecule has 120 valence electrons. The minimum atomic E-state index is -0.472. The second-order valence-electron chi connectivity index (χ2n) is 6.15. The van der Waals surface area contributed by atoms with Gasteiger partial charge in [-0.1, -0.05) is 25.4 Å². The van der Waals surface area contributed by atoms with Gasteiger partial charge in [-0.25, -0.2) is 0 Å². The van der Waals surface area contributed by atoms with Gasteiger partial charge in [0.2, 0.25) is 5.91 Å². The molecule has 0 saturated carbocycles. The van der Waals surface area contributed by atoms with E-state index in [0.717, 1.165) is 6.42 Å². The summed E-state index contributed by atoms with van der Waals surface area (Å²) < 4.78 is 0. The maximum absolute atomic E-state index is 12.3. The SMILES string of the molecule is C[C@H](CC(=O)N1CC[C@H](C)[C@@H](O)C1)C(=O)c1ccc(Cl)cc1. The fourth-order valence-corrected chi connectivity index (χ4v) is 2.78. The molecule has 2 rings (SSSR count). The summed E-state index contributed by atoms with van der Waals surface area (Å²) in [5, 5.41) is 10.5. The number of ketones is 1. The van der Waals surface area contributed by atoms with Gasteiger partial charge in [0, 0.05) is 36.0 Å². The van der Waals surface area contributed by atoms with E-state index in [1.54, 1.807) is 36.1 Å². The van der Waals surface area contributed by atoms with Gasteiger partial charge in [-0.3, -0.25) is 9.59 Å². The van der Waals surface area contributed by atoms with Crippen LogP contribution in [0.2, 0.25) is 5.02 Å². The van der Waals surface area contributed by atoms with Crippen LogP contribution in [0.1, 0.15) is 37.0 Å². The maximum Gasteiger partial charge on any atom is 0.223 e. The molecule has 3 atom stereocenters. The van der Waals surface area contributed by atoms with E-state index in [9.17, 15) is 14.7 Å². The lowest BCUT2D eigenvalue weighted by atomic mass is 9.93. The minimum Gasteiger partial charge on any atom is -0.391 e. The zero-order valence-electron chi connectivity index (χ0n) is 13.0. The van der Waals surface area contributed by atoms with Crippen LogP contribution < -0.4 is 0 Å². The molecule has 0 radical (unpaired) electrons. The molecule has 4 nitrogen and oxygen atoms in total. The Morgan fingerprint density at radius 2 is 2.00 bits per heavy atom. The molecule has 5 heteroatoms. The first kappa shape index (κ1) is 17.0. The van der Waals surface area contributed by atoms with Crippen molar-refractivity contribution in [3.05, 3.63) is 34.9 Å². The number of carbonyl (C=O) groups excluding carboxylic acids is 2. The van der Waals surface area contributed by atoms with E-state index in [0.29, 0.717) is 23.7 Å². The van der Waals surface area contributed by atoms with E-state index in [1.807, 2.05) is 6.92 Å². The number of amides is 1. The van der Waals surface area contributed by atoms with E-state index in [-0.39, 0.29) is 29.9 Å². The fraction of sp³-hybridized carbons (Fsp3) is 0.529. The van der Waals surface area contributed by atoms with Crippen molar-refractivity contribution in [1.82, 2.24) is 4.90 Å². The second kappa shape index (κ2) is 7.25. The first-order valence-electron chi connectivity index (χ1n) is 7.64. The second-order valence-corrected chi connectivity index (χ2v) is 6.59. The lowest BCUT2D eigenvalue weighted by Gasteiger charge is -2.34. The molecule has 1 aliphatic heterocycles. The van der Waals surface area contributed by atoms with Crippen LogP contribution in [0.25, 0.3) is 0 Å². The number of rotatable bonds is 4. The van der Waals surface area contributed by atoms with Gasteiger partial charge in [-0.2, -0.15) is 0 Å². The van der Waals surface area contributed by atoms with Gasteiger partial charge in [-0.15, -0.1) is 0 Å². The number of likely N-dealkylation sites (tertiary alicyclic amines) is 1. The van der Waals surface area contributed by atoms with Crippen LogP contribution in [-0.4, -0.2) is 40.9 Å². The summed E-state index contributed by atoms with van der Waals surface area (Å²) in [6, 6.07) is 6.70. The summed E-state index contributed by atoms with van der Waals surface area (Å²) in [7, 11) is 0. The molecule has 1 aliphatic rings. The molecule has 1 N–H and O–H groups in total. The molecule has 0 spiro atoms. The standard InChI is InChI=1S/C17H22ClNO3/c1-11-7-8-19(10-15(11)20)16(21)9-12(2)17(22)13-3-5-14(18)6-4-13/h3-6,11-12,15,20H,7-10H2,1-2H3/t11-,12+,15-/m0/s1. The highest BCUT2D eigenvalue weighted by molar-refractivity contribution is 6.30. The summed E-state index contributed by atoms with van der Waals surface area (Å²) in [5.74, 6) is -0.293. The summed E-state index contributed by atoms with van der Waals surface area (Å²) in [4.78, 5) is 26.3. The van der Waals surface area contributed by atoms with Crippen LogP contribution in [0.15, 0.2) is 24.3 Å². The van der Waals surface area contributed by atoms with Crippen LogP contribution >= 0.6 is 11.6 Å². The predicted molar refractivity (Wildman–Crippen MR) is 85.9 cm³/mol. The Kier molecular flexibility index (Phi) is 5.59. The maximum atomic E-state index is 12.3. The lowest BCUT2D eigenvalue weighted by Crippen LogP contribution is -2.46. The third kappa shape index (κ3) is 4.08. The number of nitrogens with zero attached hydrogens (tertiary/aromatic N) is 1. The Morgan fingerprint density at radius 3 is 2.59 bits per heavy atom. The average Bonchev–Trinajstić information content (AvgIpc) is 2.50. The number of benzene rings is 1. The largest absolute Gasteiger partial charge is 0.391 e.